The van der Waals surface area contributed by atoms with E-state index in [4.69, 9.17) is 19.3 Å². The SMILES string of the molecule is CCCCCCCCC(CCCCCC)C(=O)OCCCCCCN(CCCCCCOC(=O)C(CCCCCC)CCCCCCCC)CCCCOC(=O)c1cc[n+](CC(=O)O)cc1. The number of unbranched alkanes of at least 4 members (excludes halogenated alkanes) is 23. The summed E-state index contributed by atoms with van der Waals surface area (Å²) in [6.07, 6.45) is 41.4. The van der Waals surface area contributed by atoms with Crippen molar-refractivity contribution >= 4 is 23.9 Å². The first-order valence-corrected chi connectivity index (χ1v) is 27.7. The molecule has 0 aromatic carbocycles. The molecule has 0 spiro atoms. The Kier molecular flexibility index (Phi) is 41.1. The summed E-state index contributed by atoms with van der Waals surface area (Å²) >= 11 is 0. The fourth-order valence-corrected chi connectivity index (χ4v) is 8.78. The molecular formula is C56H101N2O8+. The quantitative estimate of drug-likeness (QED) is 0.0294. The molecular weight excluding hydrogens is 829 g/mol. The highest BCUT2D eigenvalue weighted by molar-refractivity contribution is 5.89. The number of aliphatic carboxylic acids is 1. The summed E-state index contributed by atoms with van der Waals surface area (Å²) in [5.74, 6) is -1.19. The zero-order valence-electron chi connectivity index (χ0n) is 43.2. The Labute approximate surface area is 404 Å². The number of carboxylic acid groups (broad SMARTS) is 1. The summed E-state index contributed by atoms with van der Waals surface area (Å²) in [6, 6.07) is 3.18. The highest BCUT2D eigenvalue weighted by Gasteiger charge is 2.21. The van der Waals surface area contributed by atoms with E-state index in [2.05, 4.69) is 32.6 Å². The van der Waals surface area contributed by atoms with Crippen LogP contribution in [-0.4, -0.2) is 73.3 Å². The van der Waals surface area contributed by atoms with Gasteiger partial charge in [-0.2, -0.15) is 4.57 Å². The van der Waals surface area contributed by atoms with Gasteiger partial charge in [0.15, 0.2) is 12.4 Å². The molecule has 10 heteroatoms. The van der Waals surface area contributed by atoms with Gasteiger partial charge in [-0.1, -0.05) is 182 Å². The summed E-state index contributed by atoms with van der Waals surface area (Å²) in [7, 11) is 0. The van der Waals surface area contributed by atoms with Gasteiger partial charge in [0, 0.05) is 12.1 Å². The summed E-state index contributed by atoms with van der Waals surface area (Å²) < 4.78 is 18.8. The van der Waals surface area contributed by atoms with E-state index in [1.807, 2.05) is 0 Å². The van der Waals surface area contributed by atoms with Crippen LogP contribution in [-0.2, 0) is 35.1 Å². The molecule has 1 rings (SSSR count). The van der Waals surface area contributed by atoms with E-state index in [9.17, 15) is 19.2 Å². The third-order valence-corrected chi connectivity index (χ3v) is 13.1. The molecule has 0 aliphatic carbocycles. The van der Waals surface area contributed by atoms with E-state index >= 15 is 0 Å². The average Bonchev–Trinajstić information content (AvgIpc) is 3.31. The van der Waals surface area contributed by atoms with Crippen molar-refractivity contribution in [2.24, 2.45) is 11.8 Å². The molecule has 1 aromatic rings. The molecule has 0 saturated carbocycles. The first kappa shape index (κ1) is 61.0. The van der Waals surface area contributed by atoms with Crippen molar-refractivity contribution in [3.05, 3.63) is 30.1 Å². The highest BCUT2D eigenvalue weighted by atomic mass is 16.5. The standard InChI is InChI=1S/C56H100N2O8/c1-5-9-13-17-19-27-37-50(35-25-15-11-7-3)54(61)64-46-32-23-21-29-41-57(43-31-34-48-66-56(63)52-39-44-58(45-40-52)49-53(59)60)42-30-22-24-33-47-65-55(62)51(36-26-16-12-8-4)38-28-20-18-14-10-6-2/h39-40,44-45,50-51H,5-38,41-43,46-49H2,1-4H3/p+1. The molecule has 2 unspecified atom stereocenters. The molecule has 0 amide bonds. The lowest BCUT2D eigenvalue weighted by molar-refractivity contribution is -0.685. The van der Waals surface area contributed by atoms with E-state index in [1.165, 1.54) is 107 Å². The minimum atomic E-state index is -0.939. The normalized spacial score (nSPS) is 12.3. The first-order valence-electron chi connectivity index (χ1n) is 27.7. The van der Waals surface area contributed by atoms with Crippen molar-refractivity contribution in [2.75, 3.05) is 39.5 Å². The summed E-state index contributed by atoms with van der Waals surface area (Å²) in [6.45, 7) is 13.1. The molecule has 66 heavy (non-hydrogen) atoms. The minimum absolute atomic E-state index is 0.0215. The average molecular weight is 930 g/mol. The lowest BCUT2D eigenvalue weighted by atomic mass is 9.94. The van der Waals surface area contributed by atoms with Crippen LogP contribution >= 0.6 is 0 Å². The number of hydrogen-bond donors (Lipinski definition) is 1. The van der Waals surface area contributed by atoms with Crippen molar-refractivity contribution in [2.45, 2.75) is 253 Å². The molecule has 382 valence electrons. The predicted octanol–water partition coefficient (Wildman–Crippen LogP) is 14.2. The van der Waals surface area contributed by atoms with Gasteiger partial charge in [0.05, 0.1) is 37.2 Å². The fraction of sp³-hybridized carbons (Fsp3) is 0.839. The maximum atomic E-state index is 13.1. The van der Waals surface area contributed by atoms with Gasteiger partial charge in [0.1, 0.15) is 0 Å². The van der Waals surface area contributed by atoms with Gasteiger partial charge < -0.3 is 24.2 Å². The lowest BCUT2D eigenvalue weighted by Crippen LogP contribution is -2.37. The second-order valence-electron chi connectivity index (χ2n) is 19.2. The number of carbonyl (C=O) groups excluding carboxylic acids is 3. The number of carboxylic acids is 1. The number of nitrogens with zero attached hydrogens (tertiary/aromatic N) is 2. The van der Waals surface area contributed by atoms with Gasteiger partial charge in [0.25, 0.3) is 0 Å². The maximum Gasteiger partial charge on any atom is 0.370 e. The van der Waals surface area contributed by atoms with Gasteiger partial charge in [-0.25, -0.2) is 9.59 Å². The molecule has 10 nitrogen and oxygen atoms in total. The van der Waals surface area contributed by atoms with Crippen molar-refractivity contribution in [1.82, 2.24) is 4.90 Å². The molecule has 1 aromatic heterocycles. The molecule has 0 saturated heterocycles. The molecule has 0 aliphatic rings. The number of esters is 3. The smallest absolute Gasteiger partial charge is 0.370 e. The molecule has 0 fully saturated rings. The summed E-state index contributed by atoms with van der Waals surface area (Å²) in [5.41, 5.74) is 0.411. The van der Waals surface area contributed by atoms with Crippen LogP contribution in [0.15, 0.2) is 24.5 Å². The summed E-state index contributed by atoms with van der Waals surface area (Å²) in [4.78, 5) is 52.3. The van der Waals surface area contributed by atoms with E-state index in [1.54, 1.807) is 24.5 Å². The van der Waals surface area contributed by atoms with Crippen LogP contribution in [0, 0.1) is 11.8 Å². The van der Waals surface area contributed by atoms with Gasteiger partial charge in [-0.05, 0) is 83.8 Å². The number of carbonyl (C=O) groups is 4. The number of aromatic nitrogens is 1. The molecule has 0 radical (unpaired) electrons. The van der Waals surface area contributed by atoms with Crippen molar-refractivity contribution in [3.63, 3.8) is 0 Å². The van der Waals surface area contributed by atoms with Gasteiger partial charge in [-0.3, -0.25) is 9.59 Å². The minimum Gasteiger partial charge on any atom is -0.477 e. The van der Waals surface area contributed by atoms with Gasteiger partial charge in [-0.15, -0.1) is 0 Å². The monoisotopic (exact) mass is 930 g/mol. The van der Waals surface area contributed by atoms with E-state index < -0.39 is 11.9 Å². The van der Waals surface area contributed by atoms with Crippen molar-refractivity contribution < 1.29 is 43.1 Å². The maximum absolute atomic E-state index is 13.1. The van der Waals surface area contributed by atoms with E-state index in [0.29, 0.717) is 25.4 Å². The number of ether oxygens (including phenoxy) is 3. The predicted molar refractivity (Wildman–Crippen MR) is 270 cm³/mol. The first-order chi connectivity index (χ1) is 32.2. The molecule has 2 atom stereocenters. The third kappa shape index (κ3) is 35.2. The summed E-state index contributed by atoms with van der Waals surface area (Å²) in [5, 5.41) is 9.00. The van der Waals surface area contributed by atoms with Crippen molar-refractivity contribution in [1.29, 1.82) is 0 Å². The van der Waals surface area contributed by atoms with Crippen LogP contribution in [0.2, 0.25) is 0 Å². The van der Waals surface area contributed by atoms with Crippen LogP contribution in [0.1, 0.15) is 256 Å². The van der Waals surface area contributed by atoms with E-state index in [-0.39, 0.29) is 30.3 Å². The Balaban J connectivity index is 2.56. The fourth-order valence-electron chi connectivity index (χ4n) is 8.78. The number of rotatable bonds is 48. The van der Waals surface area contributed by atoms with Crippen LogP contribution in [0.3, 0.4) is 0 Å². The van der Waals surface area contributed by atoms with Gasteiger partial charge >= 0.3 is 23.9 Å². The highest BCUT2D eigenvalue weighted by Crippen LogP contribution is 2.22. The lowest BCUT2D eigenvalue weighted by Gasteiger charge is -2.22. The Morgan fingerprint density at radius 3 is 1.18 bits per heavy atom. The Bertz CT molecular complexity index is 1250. The zero-order valence-corrected chi connectivity index (χ0v) is 43.2. The second-order valence-corrected chi connectivity index (χ2v) is 19.2. The van der Waals surface area contributed by atoms with Crippen LogP contribution in [0.5, 0.6) is 0 Å². The zero-order chi connectivity index (χ0) is 48.1. The largest absolute Gasteiger partial charge is 0.477 e. The molecule has 0 aliphatic heterocycles. The number of hydrogen-bond acceptors (Lipinski definition) is 8. The number of pyridine rings is 1. The van der Waals surface area contributed by atoms with Crippen LogP contribution in [0.25, 0.3) is 0 Å². The van der Waals surface area contributed by atoms with E-state index in [0.717, 1.165) is 135 Å². The molecule has 0 bridgehead atoms. The topological polar surface area (TPSA) is 123 Å². The van der Waals surface area contributed by atoms with Crippen LogP contribution < -0.4 is 4.57 Å². The third-order valence-electron chi connectivity index (χ3n) is 13.1. The Hall–Kier alpha value is -3.01. The Morgan fingerprint density at radius 1 is 0.455 bits per heavy atom. The van der Waals surface area contributed by atoms with Gasteiger partial charge in [0.2, 0.25) is 6.54 Å². The second kappa shape index (κ2) is 44.5. The molecule has 1 heterocycles. The Morgan fingerprint density at radius 2 is 0.773 bits per heavy atom. The van der Waals surface area contributed by atoms with Crippen molar-refractivity contribution in [3.8, 4) is 0 Å². The molecule has 1 N–H and O–H groups in total. The van der Waals surface area contributed by atoms with Crippen LogP contribution in [0.4, 0.5) is 0 Å².